The van der Waals surface area contributed by atoms with Crippen LogP contribution in [0.2, 0.25) is 0 Å². The Morgan fingerprint density at radius 1 is 1.10 bits per heavy atom. The summed E-state index contributed by atoms with van der Waals surface area (Å²) in [5.74, 6) is 0.899. The number of rotatable bonds is 5. The molecular weight excluding hydrogens is 384 g/mol. The molecule has 8 heteroatoms. The summed E-state index contributed by atoms with van der Waals surface area (Å²) in [4.78, 5) is 17.9. The molecule has 0 N–H and O–H groups in total. The van der Waals surface area contributed by atoms with E-state index in [1.54, 1.807) is 6.26 Å². The highest BCUT2D eigenvalue weighted by atomic mass is 16.5. The fraction of sp³-hybridized carbons (Fsp3) is 0.636. The number of ether oxygens (including phenoxy) is 2. The summed E-state index contributed by atoms with van der Waals surface area (Å²) in [5.41, 5.74) is 3.05. The van der Waals surface area contributed by atoms with Crippen molar-refractivity contribution >= 4 is 0 Å². The van der Waals surface area contributed by atoms with Gasteiger partial charge in [0.25, 0.3) is 5.56 Å². The Bertz CT molecular complexity index is 904. The van der Waals surface area contributed by atoms with Gasteiger partial charge in [-0.25, -0.2) is 0 Å². The summed E-state index contributed by atoms with van der Waals surface area (Å²) in [5, 5.41) is 3.96. The Hall–Kier alpha value is -2.00. The minimum atomic E-state index is 0.156. The summed E-state index contributed by atoms with van der Waals surface area (Å²) in [6.45, 7) is 6.89. The fourth-order valence-corrected chi connectivity index (χ4v) is 5.20. The molecule has 3 aliphatic rings. The van der Waals surface area contributed by atoms with Gasteiger partial charge in [-0.3, -0.25) is 14.6 Å². The topological polar surface area (TPSA) is 73.0 Å². The van der Waals surface area contributed by atoms with Gasteiger partial charge < -0.3 is 18.6 Å². The zero-order chi connectivity index (χ0) is 20.5. The van der Waals surface area contributed by atoms with E-state index in [1.165, 1.54) is 5.69 Å². The van der Waals surface area contributed by atoms with Gasteiger partial charge in [0.1, 0.15) is 6.26 Å². The molecule has 30 heavy (non-hydrogen) atoms. The van der Waals surface area contributed by atoms with E-state index in [1.807, 2.05) is 23.7 Å². The van der Waals surface area contributed by atoms with Crippen LogP contribution in [0.15, 0.2) is 33.8 Å². The second kappa shape index (κ2) is 8.63. The van der Waals surface area contributed by atoms with Crippen LogP contribution in [-0.4, -0.2) is 72.1 Å². The molecule has 3 aliphatic heterocycles. The van der Waals surface area contributed by atoms with E-state index in [0.29, 0.717) is 44.2 Å². The van der Waals surface area contributed by atoms with Crippen molar-refractivity contribution in [3.05, 3.63) is 51.8 Å². The van der Waals surface area contributed by atoms with Gasteiger partial charge in [0.05, 0.1) is 38.2 Å². The first-order valence-electron chi connectivity index (χ1n) is 10.9. The molecule has 0 unspecified atom stereocenters. The quantitative estimate of drug-likeness (QED) is 0.730. The largest absolute Gasteiger partial charge is 0.377 e. The van der Waals surface area contributed by atoms with Crippen molar-refractivity contribution in [2.75, 3.05) is 46.6 Å². The second-order valence-corrected chi connectivity index (χ2v) is 8.92. The lowest BCUT2D eigenvalue weighted by molar-refractivity contribution is 0.0234. The lowest BCUT2D eigenvalue weighted by Crippen LogP contribution is -2.53. The van der Waals surface area contributed by atoms with Gasteiger partial charge in [0.15, 0.2) is 0 Å². The first-order valence-corrected chi connectivity index (χ1v) is 10.9. The zero-order valence-corrected chi connectivity index (χ0v) is 17.5. The minimum absolute atomic E-state index is 0.156. The van der Waals surface area contributed by atoms with Crippen LogP contribution < -0.4 is 5.56 Å². The van der Waals surface area contributed by atoms with Gasteiger partial charge in [-0.1, -0.05) is 11.2 Å². The third kappa shape index (κ3) is 4.09. The normalized spacial score (nSPS) is 25.3. The molecule has 0 spiro atoms. The van der Waals surface area contributed by atoms with Crippen molar-refractivity contribution < 1.29 is 14.0 Å². The van der Waals surface area contributed by atoms with Crippen LogP contribution in [0.5, 0.6) is 0 Å². The van der Waals surface area contributed by atoms with Crippen LogP contribution in [-0.2, 0) is 29.1 Å². The number of aromatic nitrogens is 2. The average Bonchev–Trinajstić information content (AvgIpc) is 3.09. The molecule has 0 radical (unpaired) electrons. The number of piperidine rings is 1. The minimum Gasteiger partial charge on any atom is -0.377 e. The highest BCUT2D eigenvalue weighted by molar-refractivity contribution is 5.22. The lowest BCUT2D eigenvalue weighted by Gasteiger charge is -2.45. The predicted molar refractivity (Wildman–Crippen MR) is 110 cm³/mol. The molecule has 0 saturated carbocycles. The van der Waals surface area contributed by atoms with Gasteiger partial charge in [-0.05, 0) is 25.5 Å². The van der Waals surface area contributed by atoms with Crippen LogP contribution in [0.3, 0.4) is 0 Å². The number of hydrogen-bond acceptors (Lipinski definition) is 7. The molecule has 162 valence electrons. The fourth-order valence-electron chi connectivity index (χ4n) is 5.20. The summed E-state index contributed by atoms with van der Waals surface area (Å²) in [6, 6.07) is 6.36. The Kier molecular flexibility index (Phi) is 5.73. The van der Waals surface area contributed by atoms with Crippen molar-refractivity contribution in [1.82, 2.24) is 19.5 Å². The number of hydrogen-bond donors (Lipinski definition) is 0. The summed E-state index contributed by atoms with van der Waals surface area (Å²) < 4.78 is 18.4. The van der Waals surface area contributed by atoms with E-state index < -0.39 is 0 Å². The van der Waals surface area contributed by atoms with Crippen LogP contribution in [0.1, 0.15) is 29.3 Å². The number of nitrogens with zero attached hydrogens (tertiary/aromatic N) is 4. The molecule has 2 saturated heterocycles. The Morgan fingerprint density at radius 2 is 1.93 bits per heavy atom. The number of fused-ring (bicyclic) bond motifs is 4. The van der Waals surface area contributed by atoms with Crippen molar-refractivity contribution in [2.24, 2.45) is 5.92 Å². The third-order valence-corrected chi connectivity index (χ3v) is 6.58. The van der Waals surface area contributed by atoms with Crippen LogP contribution in [0.25, 0.3) is 0 Å². The zero-order valence-electron chi connectivity index (χ0n) is 17.5. The smallest absolute Gasteiger partial charge is 0.255 e. The second-order valence-electron chi connectivity index (χ2n) is 8.92. The van der Waals surface area contributed by atoms with Crippen molar-refractivity contribution in [1.29, 1.82) is 0 Å². The molecule has 2 aromatic rings. The molecule has 0 aliphatic carbocycles. The number of likely N-dealkylation sites (tertiary alicyclic amines) is 1. The summed E-state index contributed by atoms with van der Waals surface area (Å²) >= 11 is 0. The van der Waals surface area contributed by atoms with E-state index in [4.69, 9.17) is 14.0 Å². The molecule has 2 aromatic heterocycles. The van der Waals surface area contributed by atoms with Crippen molar-refractivity contribution in [3.8, 4) is 0 Å². The SMILES string of the molecule is CN(Cc1ccon1)Cc1ccc2n(c1=O)C[C@H]1C[C@@H]2CN(C2COCCOC2)C1. The van der Waals surface area contributed by atoms with E-state index in [-0.39, 0.29) is 5.56 Å². The molecule has 2 fully saturated rings. The van der Waals surface area contributed by atoms with Crippen molar-refractivity contribution in [3.63, 3.8) is 0 Å². The Labute approximate surface area is 176 Å². The van der Waals surface area contributed by atoms with Gasteiger partial charge in [-0.15, -0.1) is 0 Å². The van der Waals surface area contributed by atoms with Gasteiger partial charge >= 0.3 is 0 Å². The maximum atomic E-state index is 13.3. The summed E-state index contributed by atoms with van der Waals surface area (Å²) in [6.07, 6.45) is 2.74. The number of pyridine rings is 1. The van der Waals surface area contributed by atoms with Crippen LogP contribution in [0.4, 0.5) is 0 Å². The first kappa shape index (κ1) is 19.9. The molecule has 2 atom stereocenters. The molecule has 2 bridgehead atoms. The molecule has 8 nitrogen and oxygen atoms in total. The van der Waals surface area contributed by atoms with Crippen molar-refractivity contribution in [2.45, 2.75) is 38.0 Å². The molecule has 5 rings (SSSR count). The standard InChI is InChI=1S/C22H30N4O4/c1-24(13-19-4-5-30-23-19)11-17-2-3-21-18-8-16(10-26(21)22(17)27)9-25(12-18)20-14-28-6-7-29-15-20/h2-5,16,18,20H,6-15H2,1H3/t16-,18+/m0/s1. The first-order chi connectivity index (χ1) is 14.7. The monoisotopic (exact) mass is 414 g/mol. The lowest BCUT2D eigenvalue weighted by atomic mass is 9.82. The van der Waals surface area contributed by atoms with E-state index in [0.717, 1.165) is 50.5 Å². The van der Waals surface area contributed by atoms with E-state index >= 15 is 0 Å². The Morgan fingerprint density at radius 3 is 2.70 bits per heavy atom. The molecular formula is C22H30N4O4. The summed E-state index contributed by atoms with van der Waals surface area (Å²) in [7, 11) is 2.00. The van der Waals surface area contributed by atoms with E-state index in [2.05, 4.69) is 21.0 Å². The molecule has 0 aromatic carbocycles. The van der Waals surface area contributed by atoms with E-state index in [9.17, 15) is 4.79 Å². The van der Waals surface area contributed by atoms with Gasteiger partial charge in [-0.2, -0.15) is 0 Å². The maximum absolute atomic E-state index is 13.3. The predicted octanol–water partition coefficient (Wildman–Crippen LogP) is 1.30. The maximum Gasteiger partial charge on any atom is 0.255 e. The van der Waals surface area contributed by atoms with Gasteiger partial charge in [0, 0.05) is 56.0 Å². The highest BCUT2D eigenvalue weighted by Crippen LogP contribution is 2.36. The average molecular weight is 415 g/mol. The molecule has 5 heterocycles. The van der Waals surface area contributed by atoms with Crippen LogP contribution >= 0.6 is 0 Å². The highest BCUT2D eigenvalue weighted by Gasteiger charge is 2.37. The Balaban J connectivity index is 1.31. The third-order valence-electron chi connectivity index (χ3n) is 6.58. The van der Waals surface area contributed by atoms with Gasteiger partial charge in [0.2, 0.25) is 0 Å². The van der Waals surface area contributed by atoms with Crippen LogP contribution in [0, 0.1) is 5.92 Å². The molecule has 0 amide bonds.